The maximum absolute atomic E-state index is 12.4. The van der Waals surface area contributed by atoms with E-state index in [1.165, 1.54) is 5.56 Å². The van der Waals surface area contributed by atoms with Crippen LogP contribution in [0.4, 0.5) is 5.69 Å². The summed E-state index contributed by atoms with van der Waals surface area (Å²) in [7, 11) is 0. The first-order chi connectivity index (χ1) is 12.1. The van der Waals surface area contributed by atoms with Crippen molar-refractivity contribution in [3.63, 3.8) is 0 Å². The highest BCUT2D eigenvalue weighted by atomic mass is 35.5. The van der Waals surface area contributed by atoms with Gasteiger partial charge in [-0.15, -0.1) is 24.8 Å². The molecule has 3 N–H and O–H groups in total. The van der Waals surface area contributed by atoms with Crippen LogP contribution in [-0.2, 0) is 14.3 Å². The molecule has 3 rings (SSSR count). The molecule has 154 valence electrons. The van der Waals surface area contributed by atoms with E-state index in [0.717, 1.165) is 44.8 Å². The number of carbonyl (C=O) groups is 1. The number of nitrogens with zero attached hydrogens (tertiary/aromatic N) is 1. The number of halogens is 2. The summed E-state index contributed by atoms with van der Waals surface area (Å²) in [5.74, 6) is 0.0928. The van der Waals surface area contributed by atoms with Gasteiger partial charge in [-0.2, -0.15) is 0 Å². The zero-order valence-electron chi connectivity index (χ0n) is 15.8. The van der Waals surface area contributed by atoms with E-state index in [1.807, 2.05) is 12.1 Å². The van der Waals surface area contributed by atoms with Crippen molar-refractivity contribution in [2.75, 3.05) is 44.8 Å². The van der Waals surface area contributed by atoms with Gasteiger partial charge in [-0.25, -0.2) is 0 Å². The lowest BCUT2D eigenvalue weighted by atomic mass is 9.92. The molecule has 0 aromatic heterocycles. The number of amides is 1. The van der Waals surface area contributed by atoms with Crippen molar-refractivity contribution in [2.45, 2.75) is 31.8 Å². The SMILES string of the molecule is CC(c1ccc(NC(=O)C(N)C2CCOCC2)cc1)N1CCOCC1.Cl.Cl. The van der Waals surface area contributed by atoms with E-state index in [9.17, 15) is 4.79 Å². The highest BCUT2D eigenvalue weighted by Crippen LogP contribution is 2.23. The van der Waals surface area contributed by atoms with Crippen LogP contribution in [0.1, 0.15) is 31.4 Å². The van der Waals surface area contributed by atoms with Gasteiger partial charge in [0.05, 0.1) is 19.3 Å². The maximum atomic E-state index is 12.4. The second-order valence-corrected chi connectivity index (χ2v) is 6.91. The highest BCUT2D eigenvalue weighted by molar-refractivity contribution is 5.94. The summed E-state index contributed by atoms with van der Waals surface area (Å²) < 4.78 is 10.7. The number of hydrogen-bond acceptors (Lipinski definition) is 5. The number of nitrogens with two attached hydrogens (primary N) is 1. The molecule has 2 heterocycles. The molecule has 27 heavy (non-hydrogen) atoms. The molecule has 2 atom stereocenters. The van der Waals surface area contributed by atoms with E-state index >= 15 is 0 Å². The summed E-state index contributed by atoms with van der Waals surface area (Å²) in [4.78, 5) is 14.8. The monoisotopic (exact) mass is 419 g/mol. The summed E-state index contributed by atoms with van der Waals surface area (Å²) in [5.41, 5.74) is 8.17. The number of carbonyl (C=O) groups excluding carboxylic acids is 1. The largest absolute Gasteiger partial charge is 0.381 e. The molecule has 2 unspecified atom stereocenters. The summed E-state index contributed by atoms with van der Waals surface area (Å²) in [5, 5.41) is 2.95. The molecule has 1 amide bonds. The van der Waals surface area contributed by atoms with Gasteiger partial charge in [-0.05, 0) is 43.4 Å². The van der Waals surface area contributed by atoms with Crippen molar-refractivity contribution < 1.29 is 14.3 Å². The zero-order chi connectivity index (χ0) is 17.6. The van der Waals surface area contributed by atoms with Crippen LogP contribution in [0.15, 0.2) is 24.3 Å². The van der Waals surface area contributed by atoms with Gasteiger partial charge in [0.1, 0.15) is 0 Å². The fourth-order valence-electron chi connectivity index (χ4n) is 3.54. The molecule has 2 saturated heterocycles. The van der Waals surface area contributed by atoms with E-state index in [0.29, 0.717) is 19.3 Å². The third-order valence-electron chi connectivity index (χ3n) is 5.33. The Balaban J connectivity index is 0.00000182. The Hall–Kier alpha value is -0.890. The summed E-state index contributed by atoms with van der Waals surface area (Å²) in [6, 6.07) is 7.95. The normalized spacial score (nSPS) is 20.7. The van der Waals surface area contributed by atoms with Crippen molar-refractivity contribution in [1.29, 1.82) is 0 Å². The molecule has 6 nitrogen and oxygen atoms in total. The van der Waals surface area contributed by atoms with Gasteiger partial charge in [0.15, 0.2) is 0 Å². The number of benzene rings is 1. The minimum absolute atomic E-state index is 0. The molecule has 2 aliphatic heterocycles. The first-order valence-electron chi connectivity index (χ1n) is 9.21. The van der Waals surface area contributed by atoms with E-state index in [4.69, 9.17) is 15.2 Å². The number of hydrogen-bond donors (Lipinski definition) is 2. The molecule has 2 fully saturated rings. The van der Waals surface area contributed by atoms with Gasteiger partial charge in [0.2, 0.25) is 5.91 Å². The second kappa shape index (κ2) is 11.8. The van der Waals surface area contributed by atoms with Gasteiger partial charge in [-0.3, -0.25) is 9.69 Å². The molecule has 0 bridgehead atoms. The van der Waals surface area contributed by atoms with Crippen LogP contribution < -0.4 is 11.1 Å². The third kappa shape index (κ3) is 6.59. The first kappa shape index (κ1) is 24.1. The lowest BCUT2D eigenvalue weighted by Gasteiger charge is -2.32. The Bertz CT molecular complexity index is 562. The summed E-state index contributed by atoms with van der Waals surface area (Å²) >= 11 is 0. The molecular weight excluding hydrogens is 389 g/mol. The number of rotatable bonds is 5. The first-order valence-corrected chi connectivity index (χ1v) is 9.21. The quantitative estimate of drug-likeness (QED) is 0.766. The lowest BCUT2D eigenvalue weighted by molar-refractivity contribution is -0.119. The number of ether oxygens (including phenoxy) is 2. The van der Waals surface area contributed by atoms with Gasteiger partial charge < -0.3 is 20.5 Å². The summed E-state index contributed by atoms with van der Waals surface area (Å²) in [6.07, 6.45) is 1.70. The van der Waals surface area contributed by atoms with Crippen molar-refractivity contribution >= 4 is 36.4 Å². The lowest BCUT2D eigenvalue weighted by Crippen LogP contribution is -2.44. The smallest absolute Gasteiger partial charge is 0.241 e. The minimum atomic E-state index is -0.476. The van der Waals surface area contributed by atoms with Gasteiger partial charge in [0.25, 0.3) is 0 Å². The van der Waals surface area contributed by atoms with Crippen LogP contribution in [0, 0.1) is 5.92 Å². The maximum Gasteiger partial charge on any atom is 0.241 e. The Morgan fingerprint density at radius 1 is 1.07 bits per heavy atom. The van der Waals surface area contributed by atoms with Crippen molar-refractivity contribution in [3.8, 4) is 0 Å². The predicted molar refractivity (Wildman–Crippen MR) is 112 cm³/mol. The average Bonchev–Trinajstić information content (AvgIpc) is 2.68. The van der Waals surface area contributed by atoms with Crippen LogP contribution >= 0.6 is 24.8 Å². The molecular formula is C19H31Cl2N3O3. The van der Waals surface area contributed by atoms with Crippen LogP contribution in [0.25, 0.3) is 0 Å². The van der Waals surface area contributed by atoms with E-state index in [2.05, 4.69) is 29.3 Å². The predicted octanol–water partition coefficient (Wildman–Crippen LogP) is 2.62. The Morgan fingerprint density at radius 2 is 1.63 bits per heavy atom. The fourth-order valence-corrected chi connectivity index (χ4v) is 3.54. The van der Waals surface area contributed by atoms with Gasteiger partial charge in [-0.1, -0.05) is 12.1 Å². The van der Waals surface area contributed by atoms with Crippen molar-refractivity contribution in [3.05, 3.63) is 29.8 Å². The van der Waals surface area contributed by atoms with Crippen LogP contribution in [-0.4, -0.2) is 56.4 Å². The van der Waals surface area contributed by atoms with E-state index in [1.54, 1.807) is 0 Å². The number of morpholine rings is 1. The molecule has 2 aliphatic rings. The average molecular weight is 420 g/mol. The standard InChI is InChI=1S/C19H29N3O3.2ClH/c1-14(22-8-12-25-13-9-22)15-2-4-17(5-3-15)21-19(23)18(20)16-6-10-24-11-7-16;;/h2-5,14,16,18H,6-13,20H2,1H3,(H,21,23);2*1H. The molecule has 8 heteroatoms. The molecule has 0 spiro atoms. The van der Waals surface area contributed by atoms with Gasteiger partial charge in [0, 0.05) is 38.0 Å². The molecule has 1 aromatic carbocycles. The van der Waals surface area contributed by atoms with E-state index < -0.39 is 6.04 Å². The Kier molecular flexibility index (Phi) is 10.6. The number of anilines is 1. The van der Waals surface area contributed by atoms with Crippen LogP contribution in [0.3, 0.4) is 0 Å². The Labute approximate surface area is 174 Å². The molecule has 0 aliphatic carbocycles. The highest BCUT2D eigenvalue weighted by Gasteiger charge is 2.26. The topological polar surface area (TPSA) is 76.8 Å². The van der Waals surface area contributed by atoms with Crippen molar-refractivity contribution in [1.82, 2.24) is 4.90 Å². The molecule has 0 radical (unpaired) electrons. The third-order valence-corrected chi connectivity index (χ3v) is 5.33. The van der Waals surface area contributed by atoms with E-state index in [-0.39, 0.29) is 36.6 Å². The second-order valence-electron chi connectivity index (χ2n) is 6.91. The number of nitrogens with one attached hydrogen (secondary N) is 1. The van der Waals surface area contributed by atoms with Gasteiger partial charge >= 0.3 is 0 Å². The zero-order valence-corrected chi connectivity index (χ0v) is 17.4. The van der Waals surface area contributed by atoms with Crippen molar-refractivity contribution in [2.24, 2.45) is 11.7 Å². The van der Waals surface area contributed by atoms with Crippen LogP contribution in [0.5, 0.6) is 0 Å². The Morgan fingerprint density at radius 3 is 2.22 bits per heavy atom. The summed E-state index contributed by atoms with van der Waals surface area (Å²) in [6.45, 7) is 7.10. The fraction of sp³-hybridized carbons (Fsp3) is 0.632. The molecule has 1 aromatic rings. The van der Waals surface area contributed by atoms with Crippen LogP contribution in [0.2, 0.25) is 0 Å². The minimum Gasteiger partial charge on any atom is -0.381 e. The molecule has 0 saturated carbocycles.